The second kappa shape index (κ2) is 3.15. The van der Waals surface area contributed by atoms with E-state index in [4.69, 9.17) is 0 Å². The predicted octanol–water partition coefficient (Wildman–Crippen LogP) is 1.65. The zero-order valence-corrected chi connectivity index (χ0v) is 8.26. The molecule has 15 heavy (non-hydrogen) atoms. The molecule has 76 valence electrons. The number of carbonyl (C=O) groups excluding carboxylic acids is 1. The Morgan fingerprint density at radius 1 is 1.47 bits per heavy atom. The lowest BCUT2D eigenvalue weighted by Gasteiger charge is -2.00. The first-order chi connectivity index (χ1) is 7.36. The summed E-state index contributed by atoms with van der Waals surface area (Å²) in [5.74, 6) is 0.778. The van der Waals surface area contributed by atoms with Crippen molar-refractivity contribution in [1.82, 2.24) is 14.8 Å². The van der Waals surface area contributed by atoms with E-state index in [0.29, 0.717) is 5.56 Å². The molecule has 0 radical (unpaired) electrons. The van der Waals surface area contributed by atoms with Crippen molar-refractivity contribution in [3.63, 3.8) is 0 Å². The van der Waals surface area contributed by atoms with Crippen LogP contribution in [0.4, 0.5) is 0 Å². The molecule has 0 amide bonds. The van der Waals surface area contributed by atoms with Crippen molar-refractivity contribution in [3.05, 3.63) is 24.0 Å². The first-order valence-corrected chi connectivity index (χ1v) is 5.13. The molecule has 0 unspecified atom stereocenters. The van der Waals surface area contributed by atoms with Crippen LogP contribution in [0.15, 0.2) is 18.5 Å². The maximum Gasteiger partial charge on any atom is 0.157 e. The van der Waals surface area contributed by atoms with E-state index in [1.165, 1.54) is 12.8 Å². The van der Waals surface area contributed by atoms with Gasteiger partial charge in [0.1, 0.15) is 0 Å². The van der Waals surface area contributed by atoms with Gasteiger partial charge >= 0.3 is 0 Å². The molecule has 0 bridgehead atoms. The molecule has 0 N–H and O–H groups in total. The van der Waals surface area contributed by atoms with Crippen molar-refractivity contribution in [3.8, 4) is 0 Å². The Morgan fingerprint density at radius 2 is 2.33 bits per heavy atom. The van der Waals surface area contributed by atoms with Crippen LogP contribution in [0.2, 0.25) is 0 Å². The lowest BCUT2D eigenvalue weighted by molar-refractivity contribution is 0.112. The molecule has 4 heteroatoms. The Labute approximate surface area is 86.9 Å². The molecule has 2 heterocycles. The SMILES string of the molecule is O=Cc1cnc2c(cnn2CC2CC2)c1. The second-order valence-corrected chi connectivity index (χ2v) is 4.07. The number of carbonyl (C=O) groups is 1. The number of aldehydes is 1. The monoisotopic (exact) mass is 201 g/mol. The number of rotatable bonds is 3. The fourth-order valence-electron chi connectivity index (χ4n) is 1.73. The molecule has 3 rings (SSSR count). The van der Waals surface area contributed by atoms with Crippen LogP contribution in [0, 0.1) is 5.92 Å². The van der Waals surface area contributed by atoms with Crippen molar-refractivity contribution in [2.24, 2.45) is 5.92 Å². The first kappa shape index (κ1) is 8.59. The van der Waals surface area contributed by atoms with Gasteiger partial charge in [0.2, 0.25) is 0 Å². The minimum absolute atomic E-state index is 0.605. The smallest absolute Gasteiger partial charge is 0.157 e. The van der Waals surface area contributed by atoms with E-state index in [9.17, 15) is 4.79 Å². The second-order valence-electron chi connectivity index (χ2n) is 4.07. The number of pyridine rings is 1. The molecular weight excluding hydrogens is 190 g/mol. The molecule has 0 spiro atoms. The molecule has 4 nitrogen and oxygen atoms in total. The highest BCUT2D eigenvalue weighted by atomic mass is 16.1. The maximum absolute atomic E-state index is 10.6. The summed E-state index contributed by atoms with van der Waals surface area (Å²) in [5, 5.41) is 5.23. The highest BCUT2D eigenvalue weighted by molar-refractivity contribution is 5.83. The minimum Gasteiger partial charge on any atom is -0.298 e. The normalized spacial score (nSPS) is 15.7. The third-order valence-electron chi connectivity index (χ3n) is 2.76. The third kappa shape index (κ3) is 1.52. The Balaban J connectivity index is 2.04. The van der Waals surface area contributed by atoms with Crippen LogP contribution in [0.3, 0.4) is 0 Å². The van der Waals surface area contributed by atoms with Gasteiger partial charge in [-0.25, -0.2) is 9.67 Å². The highest BCUT2D eigenvalue weighted by Gasteiger charge is 2.22. The van der Waals surface area contributed by atoms with Crippen LogP contribution >= 0.6 is 0 Å². The van der Waals surface area contributed by atoms with Crippen LogP contribution in [-0.4, -0.2) is 21.1 Å². The number of hydrogen-bond acceptors (Lipinski definition) is 3. The van der Waals surface area contributed by atoms with Gasteiger partial charge in [-0.1, -0.05) is 0 Å². The maximum atomic E-state index is 10.6. The average molecular weight is 201 g/mol. The Kier molecular flexibility index (Phi) is 1.80. The Morgan fingerprint density at radius 3 is 3.07 bits per heavy atom. The largest absolute Gasteiger partial charge is 0.298 e. The molecule has 0 aliphatic heterocycles. The molecular formula is C11H11N3O. The average Bonchev–Trinajstić information content (AvgIpc) is 2.99. The Hall–Kier alpha value is -1.71. The summed E-state index contributed by atoms with van der Waals surface area (Å²) in [7, 11) is 0. The number of fused-ring (bicyclic) bond motifs is 1. The molecule has 1 saturated carbocycles. The molecule has 1 aliphatic carbocycles. The zero-order chi connectivity index (χ0) is 10.3. The van der Waals surface area contributed by atoms with Gasteiger partial charge < -0.3 is 0 Å². The molecule has 2 aromatic heterocycles. The van der Waals surface area contributed by atoms with Crippen LogP contribution in [0.5, 0.6) is 0 Å². The van der Waals surface area contributed by atoms with E-state index in [2.05, 4.69) is 10.1 Å². The molecule has 0 atom stereocenters. The summed E-state index contributed by atoms with van der Waals surface area (Å²) in [5.41, 5.74) is 1.49. The van der Waals surface area contributed by atoms with Gasteiger partial charge in [0.15, 0.2) is 11.9 Å². The van der Waals surface area contributed by atoms with E-state index < -0.39 is 0 Å². The number of nitrogens with zero attached hydrogens (tertiary/aromatic N) is 3. The van der Waals surface area contributed by atoms with Crippen molar-refractivity contribution in [2.45, 2.75) is 19.4 Å². The van der Waals surface area contributed by atoms with Gasteiger partial charge in [0, 0.05) is 23.7 Å². The van der Waals surface area contributed by atoms with Crippen molar-refractivity contribution in [1.29, 1.82) is 0 Å². The molecule has 1 fully saturated rings. The van der Waals surface area contributed by atoms with E-state index in [1.54, 1.807) is 12.4 Å². The molecule has 2 aromatic rings. The summed E-state index contributed by atoms with van der Waals surface area (Å²) in [4.78, 5) is 14.8. The lowest BCUT2D eigenvalue weighted by Crippen LogP contribution is -2.02. The van der Waals surface area contributed by atoms with Crippen LogP contribution < -0.4 is 0 Å². The summed E-state index contributed by atoms with van der Waals surface area (Å²) in [6.45, 7) is 0.955. The van der Waals surface area contributed by atoms with Crippen molar-refractivity contribution >= 4 is 17.3 Å². The van der Waals surface area contributed by atoms with Gasteiger partial charge in [-0.15, -0.1) is 0 Å². The fourth-order valence-corrected chi connectivity index (χ4v) is 1.73. The van der Waals surface area contributed by atoms with Crippen LogP contribution in [-0.2, 0) is 6.54 Å². The quantitative estimate of drug-likeness (QED) is 0.709. The van der Waals surface area contributed by atoms with Gasteiger partial charge in [-0.05, 0) is 24.8 Å². The van der Waals surface area contributed by atoms with E-state index in [0.717, 1.165) is 29.8 Å². The molecule has 0 saturated heterocycles. The zero-order valence-electron chi connectivity index (χ0n) is 8.26. The lowest BCUT2D eigenvalue weighted by atomic mass is 10.2. The number of aromatic nitrogens is 3. The summed E-state index contributed by atoms with van der Waals surface area (Å²) >= 11 is 0. The highest BCUT2D eigenvalue weighted by Crippen LogP contribution is 2.31. The number of hydrogen-bond donors (Lipinski definition) is 0. The summed E-state index contributed by atoms with van der Waals surface area (Å²) < 4.78 is 1.93. The predicted molar refractivity (Wildman–Crippen MR) is 55.6 cm³/mol. The van der Waals surface area contributed by atoms with E-state index in [1.807, 2.05) is 10.7 Å². The molecule has 0 aromatic carbocycles. The van der Waals surface area contributed by atoms with E-state index in [-0.39, 0.29) is 0 Å². The first-order valence-electron chi connectivity index (χ1n) is 5.13. The van der Waals surface area contributed by atoms with E-state index >= 15 is 0 Å². The van der Waals surface area contributed by atoms with Crippen LogP contribution in [0.1, 0.15) is 23.2 Å². The topological polar surface area (TPSA) is 47.8 Å². The van der Waals surface area contributed by atoms with Gasteiger partial charge in [-0.2, -0.15) is 5.10 Å². The van der Waals surface area contributed by atoms with Gasteiger partial charge in [0.05, 0.1) is 6.20 Å². The van der Waals surface area contributed by atoms with Crippen molar-refractivity contribution in [2.75, 3.05) is 0 Å². The molecule has 1 aliphatic rings. The van der Waals surface area contributed by atoms with Gasteiger partial charge in [0.25, 0.3) is 0 Å². The summed E-state index contributed by atoms with van der Waals surface area (Å²) in [6, 6.07) is 1.83. The third-order valence-corrected chi connectivity index (χ3v) is 2.76. The summed E-state index contributed by atoms with van der Waals surface area (Å²) in [6.07, 6.45) is 6.78. The minimum atomic E-state index is 0.605. The Bertz CT molecular complexity index is 514. The fraction of sp³-hybridized carbons (Fsp3) is 0.364. The van der Waals surface area contributed by atoms with Crippen molar-refractivity contribution < 1.29 is 4.79 Å². The van der Waals surface area contributed by atoms with Crippen LogP contribution in [0.25, 0.3) is 11.0 Å². The van der Waals surface area contributed by atoms with Gasteiger partial charge in [-0.3, -0.25) is 4.79 Å². The standard InChI is InChI=1S/C11H11N3O/c15-7-9-3-10-5-13-14(6-8-1-2-8)11(10)12-4-9/h3-5,7-8H,1-2,6H2.